The molecule has 1 aromatic heterocycles. The lowest BCUT2D eigenvalue weighted by atomic mass is 10.1. The van der Waals surface area contributed by atoms with Crippen LogP contribution in [-0.2, 0) is 0 Å². The Morgan fingerprint density at radius 3 is 2.65 bits per heavy atom. The van der Waals surface area contributed by atoms with E-state index in [1.807, 2.05) is 31.2 Å². The van der Waals surface area contributed by atoms with E-state index in [4.69, 9.17) is 14.3 Å². The first kappa shape index (κ1) is 11.7. The Hall–Kier alpha value is -1.81. The van der Waals surface area contributed by atoms with Crippen molar-refractivity contribution in [2.45, 2.75) is 12.8 Å². The van der Waals surface area contributed by atoms with E-state index in [-0.39, 0.29) is 12.5 Å². The lowest BCUT2D eigenvalue weighted by Crippen LogP contribution is -1.96. The van der Waals surface area contributed by atoms with Gasteiger partial charge in [0.2, 0.25) is 5.89 Å². The standard InChI is InChI=1S/C13H15NO3/c1-9(8-15)12-7-14-13(17-12)10-3-5-11(16-2)6-4-10/h3-7,9,15H,8H2,1-2H3. The monoisotopic (exact) mass is 233 g/mol. The Labute approximate surface area is 99.9 Å². The van der Waals surface area contributed by atoms with Crippen LogP contribution in [0.2, 0.25) is 0 Å². The molecule has 2 rings (SSSR count). The van der Waals surface area contributed by atoms with Crippen molar-refractivity contribution < 1.29 is 14.3 Å². The van der Waals surface area contributed by atoms with Gasteiger partial charge in [-0.05, 0) is 24.3 Å². The third kappa shape index (κ3) is 2.47. The lowest BCUT2D eigenvalue weighted by molar-refractivity contribution is 0.258. The molecule has 0 radical (unpaired) electrons. The van der Waals surface area contributed by atoms with Gasteiger partial charge in [-0.15, -0.1) is 0 Å². The molecule has 1 unspecified atom stereocenters. The molecule has 0 spiro atoms. The summed E-state index contributed by atoms with van der Waals surface area (Å²) in [5.41, 5.74) is 0.891. The minimum absolute atomic E-state index is 0.0329. The molecule has 0 aliphatic heterocycles. The van der Waals surface area contributed by atoms with Crippen molar-refractivity contribution in [2.75, 3.05) is 13.7 Å². The van der Waals surface area contributed by atoms with Gasteiger partial charge in [0, 0.05) is 11.5 Å². The van der Waals surface area contributed by atoms with E-state index in [2.05, 4.69) is 4.98 Å². The van der Waals surface area contributed by atoms with Crippen LogP contribution < -0.4 is 4.74 Å². The fourth-order valence-electron chi connectivity index (χ4n) is 1.47. The molecule has 1 atom stereocenters. The van der Waals surface area contributed by atoms with Gasteiger partial charge in [-0.2, -0.15) is 0 Å². The molecule has 1 N–H and O–H groups in total. The van der Waals surface area contributed by atoms with E-state index in [1.54, 1.807) is 13.3 Å². The average molecular weight is 233 g/mol. The van der Waals surface area contributed by atoms with Crippen molar-refractivity contribution >= 4 is 0 Å². The number of oxazole rings is 1. The van der Waals surface area contributed by atoms with Crippen molar-refractivity contribution in [3.8, 4) is 17.2 Å². The molecule has 0 amide bonds. The number of hydrogen-bond donors (Lipinski definition) is 1. The zero-order valence-electron chi connectivity index (χ0n) is 9.88. The molecule has 0 aliphatic rings. The van der Waals surface area contributed by atoms with Crippen LogP contribution in [0.25, 0.3) is 11.5 Å². The summed E-state index contributed by atoms with van der Waals surface area (Å²) >= 11 is 0. The van der Waals surface area contributed by atoms with Gasteiger partial charge in [-0.25, -0.2) is 4.98 Å². The van der Waals surface area contributed by atoms with Crippen LogP contribution in [-0.4, -0.2) is 23.8 Å². The van der Waals surface area contributed by atoms with Gasteiger partial charge in [0.05, 0.1) is 19.9 Å². The normalized spacial score (nSPS) is 12.4. The fourth-order valence-corrected chi connectivity index (χ4v) is 1.47. The third-order valence-electron chi connectivity index (χ3n) is 2.62. The second-order valence-electron chi connectivity index (χ2n) is 3.88. The van der Waals surface area contributed by atoms with Crippen LogP contribution in [0, 0.1) is 0 Å². The molecule has 2 aromatic rings. The van der Waals surface area contributed by atoms with Crippen LogP contribution in [0.5, 0.6) is 5.75 Å². The van der Waals surface area contributed by atoms with Crippen molar-refractivity contribution in [1.29, 1.82) is 0 Å². The largest absolute Gasteiger partial charge is 0.497 e. The highest BCUT2D eigenvalue weighted by atomic mass is 16.5. The summed E-state index contributed by atoms with van der Waals surface area (Å²) < 4.78 is 10.7. The number of aliphatic hydroxyl groups excluding tert-OH is 1. The molecule has 0 saturated heterocycles. The van der Waals surface area contributed by atoms with Crippen molar-refractivity contribution in [3.63, 3.8) is 0 Å². The highest BCUT2D eigenvalue weighted by Gasteiger charge is 2.11. The fraction of sp³-hybridized carbons (Fsp3) is 0.308. The van der Waals surface area contributed by atoms with E-state index < -0.39 is 0 Å². The number of aromatic nitrogens is 1. The van der Waals surface area contributed by atoms with Gasteiger partial charge >= 0.3 is 0 Å². The average Bonchev–Trinajstić information content (AvgIpc) is 2.87. The van der Waals surface area contributed by atoms with E-state index >= 15 is 0 Å². The first-order valence-electron chi connectivity index (χ1n) is 5.45. The van der Waals surface area contributed by atoms with Gasteiger partial charge in [0.25, 0.3) is 0 Å². The predicted molar refractivity (Wildman–Crippen MR) is 64.0 cm³/mol. The van der Waals surface area contributed by atoms with Crippen LogP contribution in [0.15, 0.2) is 34.9 Å². The maximum Gasteiger partial charge on any atom is 0.226 e. The predicted octanol–water partition coefficient (Wildman–Crippen LogP) is 2.45. The quantitative estimate of drug-likeness (QED) is 0.881. The number of benzene rings is 1. The van der Waals surface area contributed by atoms with Crippen molar-refractivity contribution in [3.05, 3.63) is 36.2 Å². The van der Waals surface area contributed by atoms with Crippen molar-refractivity contribution in [2.24, 2.45) is 0 Å². The number of hydrogen-bond acceptors (Lipinski definition) is 4. The zero-order valence-corrected chi connectivity index (χ0v) is 9.88. The molecule has 4 heteroatoms. The maximum absolute atomic E-state index is 9.03. The molecule has 0 aliphatic carbocycles. The smallest absolute Gasteiger partial charge is 0.226 e. The zero-order chi connectivity index (χ0) is 12.3. The molecule has 0 saturated carbocycles. The Morgan fingerprint density at radius 1 is 1.35 bits per heavy atom. The summed E-state index contributed by atoms with van der Waals surface area (Å²) in [6, 6.07) is 7.49. The van der Waals surface area contributed by atoms with Gasteiger partial charge in [-0.3, -0.25) is 0 Å². The molecule has 17 heavy (non-hydrogen) atoms. The number of aliphatic hydroxyl groups is 1. The summed E-state index contributed by atoms with van der Waals surface area (Å²) in [4.78, 5) is 4.19. The first-order valence-corrected chi connectivity index (χ1v) is 5.45. The molecule has 1 heterocycles. The molecule has 0 fully saturated rings. The highest BCUT2D eigenvalue weighted by Crippen LogP contribution is 2.24. The van der Waals surface area contributed by atoms with E-state index in [0.29, 0.717) is 11.7 Å². The van der Waals surface area contributed by atoms with Gasteiger partial charge in [0.15, 0.2) is 0 Å². The second kappa shape index (κ2) is 5.01. The molecule has 90 valence electrons. The van der Waals surface area contributed by atoms with Crippen LogP contribution >= 0.6 is 0 Å². The minimum atomic E-state index is -0.0329. The number of ether oxygens (including phenoxy) is 1. The lowest BCUT2D eigenvalue weighted by Gasteiger charge is -2.02. The Morgan fingerprint density at radius 2 is 2.06 bits per heavy atom. The van der Waals surface area contributed by atoms with E-state index in [0.717, 1.165) is 11.3 Å². The highest BCUT2D eigenvalue weighted by molar-refractivity contribution is 5.54. The van der Waals surface area contributed by atoms with Crippen LogP contribution in [0.3, 0.4) is 0 Å². The van der Waals surface area contributed by atoms with Gasteiger partial charge in [-0.1, -0.05) is 6.92 Å². The SMILES string of the molecule is COc1ccc(-c2ncc(C(C)CO)o2)cc1. The number of methoxy groups -OCH3 is 1. The van der Waals surface area contributed by atoms with Gasteiger partial charge in [0.1, 0.15) is 11.5 Å². The van der Waals surface area contributed by atoms with Gasteiger partial charge < -0.3 is 14.3 Å². The molecule has 4 nitrogen and oxygen atoms in total. The summed E-state index contributed by atoms with van der Waals surface area (Å²) in [6.07, 6.45) is 1.65. The summed E-state index contributed by atoms with van der Waals surface area (Å²) in [6.45, 7) is 1.94. The van der Waals surface area contributed by atoms with Crippen molar-refractivity contribution in [1.82, 2.24) is 4.98 Å². The molecular weight excluding hydrogens is 218 g/mol. The topological polar surface area (TPSA) is 55.5 Å². The van der Waals surface area contributed by atoms with E-state index in [9.17, 15) is 0 Å². The molecule has 0 bridgehead atoms. The Balaban J connectivity index is 2.24. The van der Waals surface area contributed by atoms with E-state index in [1.165, 1.54) is 0 Å². The van der Waals surface area contributed by atoms with Crippen LogP contribution in [0.1, 0.15) is 18.6 Å². The Kier molecular flexibility index (Phi) is 3.44. The maximum atomic E-state index is 9.03. The minimum Gasteiger partial charge on any atom is -0.497 e. The summed E-state index contributed by atoms with van der Waals surface area (Å²) in [5, 5.41) is 9.03. The molecular formula is C13H15NO3. The van der Waals surface area contributed by atoms with Crippen LogP contribution in [0.4, 0.5) is 0 Å². The Bertz CT molecular complexity index is 476. The molecule has 1 aromatic carbocycles. The summed E-state index contributed by atoms with van der Waals surface area (Å²) in [5.74, 6) is 2.01. The second-order valence-corrected chi connectivity index (χ2v) is 3.88. The number of rotatable bonds is 4. The summed E-state index contributed by atoms with van der Waals surface area (Å²) in [7, 11) is 1.63. The number of nitrogens with zero attached hydrogens (tertiary/aromatic N) is 1. The third-order valence-corrected chi connectivity index (χ3v) is 2.62. The first-order chi connectivity index (χ1) is 8.24.